The number of quaternary nitrogens is 1. The minimum absolute atomic E-state index is 0.0412. The molecule has 0 saturated heterocycles. The molecule has 2 atom stereocenters. The van der Waals surface area contributed by atoms with Crippen molar-refractivity contribution in [3.8, 4) is 0 Å². The fourth-order valence-corrected chi connectivity index (χ4v) is 8.47. The van der Waals surface area contributed by atoms with E-state index in [-0.39, 0.29) is 42.7 Å². The molecule has 8 heteroatoms. The molecule has 0 aromatic heterocycles. The molecule has 0 N–H and O–H groups in total. The smallest absolute Gasteiger partial charge is 0.306 e. The van der Waals surface area contributed by atoms with E-state index in [1.807, 2.05) is 21.1 Å². The van der Waals surface area contributed by atoms with Gasteiger partial charge in [0.2, 0.25) is 0 Å². The van der Waals surface area contributed by atoms with Crippen LogP contribution in [0.2, 0.25) is 0 Å². The summed E-state index contributed by atoms with van der Waals surface area (Å²) in [5.74, 6) is -1.73. The molecule has 0 aliphatic rings. The maximum Gasteiger partial charge on any atom is 0.306 e. The number of allylic oxidation sites excluding steroid dienone is 4. The average molecular weight is 918 g/mol. The van der Waals surface area contributed by atoms with Crippen LogP contribution in [-0.4, -0.2) is 75.5 Å². The Labute approximate surface area is 402 Å². The van der Waals surface area contributed by atoms with Crippen LogP contribution in [0.4, 0.5) is 0 Å². The zero-order chi connectivity index (χ0) is 47.7. The first-order valence-electron chi connectivity index (χ1n) is 27.9. The third kappa shape index (κ3) is 46.7. The van der Waals surface area contributed by atoms with Crippen LogP contribution in [0, 0.1) is 0 Å². The van der Waals surface area contributed by atoms with Gasteiger partial charge in [0.15, 0.2) is 6.10 Å². The van der Waals surface area contributed by atoms with Gasteiger partial charge in [-0.3, -0.25) is 9.59 Å². The molecular weight excluding hydrogens is 811 g/mol. The number of carbonyl (C=O) groups excluding carboxylic acids is 3. The third-order valence-electron chi connectivity index (χ3n) is 12.8. The number of ether oxygens (including phenoxy) is 3. The number of aliphatic carboxylic acids is 1. The molecule has 382 valence electrons. The highest BCUT2D eigenvalue weighted by Gasteiger charge is 2.25. The van der Waals surface area contributed by atoms with Crippen LogP contribution in [0.1, 0.15) is 271 Å². The van der Waals surface area contributed by atoms with E-state index < -0.39 is 18.1 Å². The zero-order valence-electron chi connectivity index (χ0n) is 43.7. The molecule has 0 radical (unpaired) electrons. The number of unbranched alkanes of at least 4 members (excludes halogenated alkanes) is 33. The van der Waals surface area contributed by atoms with Crippen LogP contribution in [0.3, 0.4) is 0 Å². The first-order chi connectivity index (χ1) is 31.6. The molecule has 0 aromatic rings. The number of carboxylic acid groups (broad SMARTS) is 1. The van der Waals surface area contributed by atoms with Gasteiger partial charge in [-0.05, 0) is 64.2 Å². The Hall–Kier alpha value is -2.19. The molecule has 0 amide bonds. The van der Waals surface area contributed by atoms with Crippen molar-refractivity contribution in [1.29, 1.82) is 0 Å². The van der Waals surface area contributed by atoms with Crippen LogP contribution >= 0.6 is 0 Å². The van der Waals surface area contributed by atoms with Crippen molar-refractivity contribution in [2.24, 2.45) is 0 Å². The first-order valence-corrected chi connectivity index (χ1v) is 27.9. The molecular formula is C57H107NO7. The monoisotopic (exact) mass is 918 g/mol. The molecule has 0 bridgehead atoms. The van der Waals surface area contributed by atoms with Crippen LogP contribution < -0.4 is 5.11 Å². The van der Waals surface area contributed by atoms with Gasteiger partial charge >= 0.3 is 11.9 Å². The van der Waals surface area contributed by atoms with Crippen LogP contribution in [-0.2, 0) is 28.6 Å². The van der Waals surface area contributed by atoms with Crippen molar-refractivity contribution < 1.29 is 38.2 Å². The highest BCUT2D eigenvalue weighted by Crippen LogP contribution is 2.16. The van der Waals surface area contributed by atoms with E-state index in [0.29, 0.717) is 12.8 Å². The number of carboxylic acids is 1. The summed E-state index contributed by atoms with van der Waals surface area (Å²) in [6.45, 7) is 4.70. The minimum atomic E-state index is -1.12. The number of hydrogen-bond donors (Lipinski definition) is 0. The lowest BCUT2D eigenvalue weighted by Gasteiger charge is -2.34. The summed E-state index contributed by atoms with van der Waals surface area (Å²) in [6.07, 6.45) is 56.4. The average Bonchev–Trinajstić information content (AvgIpc) is 3.27. The molecule has 0 saturated carbocycles. The lowest BCUT2D eigenvalue weighted by atomic mass is 10.0. The minimum Gasteiger partial charge on any atom is -0.544 e. The van der Waals surface area contributed by atoms with Gasteiger partial charge in [-0.25, -0.2) is 0 Å². The second-order valence-corrected chi connectivity index (χ2v) is 20.2. The number of esters is 2. The van der Waals surface area contributed by atoms with E-state index in [4.69, 9.17) is 14.2 Å². The maximum absolute atomic E-state index is 12.8. The Morgan fingerprint density at radius 2 is 0.769 bits per heavy atom. The van der Waals surface area contributed by atoms with Gasteiger partial charge in [-0.1, -0.05) is 212 Å². The second-order valence-electron chi connectivity index (χ2n) is 20.2. The van der Waals surface area contributed by atoms with E-state index in [9.17, 15) is 19.5 Å². The van der Waals surface area contributed by atoms with Gasteiger partial charge in [-0.2, -0.15) is 0 Å². The summed E-state index contributed by atoms with van der Waals surface area (Å²) in [6, 6.07) is -0.726. The summed E-state index contributed by atoms with van der Waals surface area (Å²) in [5.41, 5.74) is 0. The predicted molar refractivity (Wildman–Crippen MR) is 273 cm³/mol. The SMILES string of the molecule is CCCCCCCCCC/C=C/CCCCCCCCCC(=O)OCC(COCCC(C(=O)[O-])[N+](C)(C)C)OC(=O)CCCCCCCCC/C=C/CCCCCCCCCCCCC. The maximum atomic E-state index is 12.8. The van der Waals surface area contributed by atoms with Gasteiger partial charge in [0.1, 0.15) is 12.6 Å². The van der Waals surface area contributed by atoms with E-state index in [0.717, 1.165) is 38.5 Å². The topological polar surface area (TPSA) is 102 Å². The lowest BCUT2D eigenvalue weighted by Crippen LogP contribution is -2.55. The summed E-state index contributed by atoms with van der Waals surface area (Å²) in [5, 5.41) is 11.7. The third-order valence-corrected chi connectivity index (χ3v) is 12.8. The number of hydrogen-bond acceptors (Lipinski definition) is 7. The molecule has 0 aliphatic carbocycles. The Balaban J connectivity index is 4.19. The fourth-order valence-electron chi connectivity index (χ4n) is 8.47. The molecule has 0 rings (SSSR count). The molecule has 0 heterocycles. The number of nitrogens with zero attached hydrogens (tertiary/aromatic N) is 1. The fraction of sp³-hybridized carbons (Fsp3) is 0.877. The molecule has 0 aromatic carbocycles. The van der Waals surface area contributed by atoms with Gasteiger partial charge in [0.25, 0.3) is 0 Å². The Bertz CT molecular complexity index is 1120. The molecule has 0 spiro atoms. The van der Waals surface area contributed by atoms with E-state index >= 15 is 0 Å². The summed E-state index contributed by atoms with van der Waals surface area (Å²) >= 11 is 0. The Morgan fingerprint density at radius 3 is 1.11 bits per heavy atom. The first kappa shape index (κ1) is 62.8. The van der Waals surface area contributed by atoms with Gasteiger partial charge in [0.05, 0.1) is 40.3 Å². The predicted octanol–water partition coefficient (Wildman–Crippen LogP) is 15.0. The summed E-state index contributed by atoms with van der Waals surface area (Å²) in [4.78, 5) is 37.1. The molecule has 8 nitrogen and oxygen atoms in total. The van der Waals surface area contributed by atoms with Gasteiger partial charge in [-0.15, -0.1) is 0 Å². The standard InChI is InChI=1S/C57H107NO7/c1-6-8-10-12-14-16-18-20-22-24-26-27-28-30-32-34-36-38-40-42-44-46-48-56(60)65-53(51-63-50-49-54(57(61)62)58(3,4)5)52-64-55(59)47-45-43-41-39-37-35-33-31-29-25-23-21-19-17-15-13-11-9-7-2/h25,28-30,53-54H,6-24,26-27,31-52H2,1-5H3/b29-25+,30-28+. The zero-order valence-corrected chi connectivity index (χ0v) is 43.7. The van der Waals surface area contributed by atoms with Crippen molar-refractivity contribution in [1.82, 2.24) is 0 Å². The second kappa shape index (κ2) is 48.3. The van der Waals surface area contributed by atoms with E-state index in [2.05, 4.69) is 38.2 Å². The highest BCUT2D eigenvalue weighted by atomic mass is 16.6. The van der Waals surface area contributed by atoms with Crippen LogP contribution in [0.5, 0.6) is 0 Å². The van der Waals surface area contributed by atoms with Crippen molar-refractivity contribution in [2.45, 2.75) is 283 Å². The van der Waals surface area contributed by atoms with Crippen molar-refractivity contribution in [2.75, 3.05) is 41.0 Å². The molecule has 0 aliphatic heterocycles. The molecule has 2 unspecified atom stereocenters. The molecule has 65 heavy (non-hydrogen) atoms. The number of rotatable bonds is 51. The van der Waals surface area contributed by atoms with Gasteiger partial charge in [0, 0.05) is 19.3 Å². The Morgan fingerprint density at radius 1 is 0.446 bits per heavy atom. The van der Waals surface area contributed by atoms with E-state index in [1.165, 1.54) is 199 Å². The lowest BCUT2D eigenvalue weighted by molar-refractivity contribution is -0.889. The van der Waals surface area contributed by atoms with Crippen LogP contribution in [0.25, 0.3) is 0 Å². The summed E-state index contributed by atoms with van der Waals surface area (Å²) in [7, 11) is 5.43. The van der Waals surface area contributed by atoms with Crippen molar-refractivity contribution in [3.63, 3.8) is 0 Å². The molecule has 0 fully saturated rings. The summed E-state index contributed by atoms with van der Waals surface area (Å²) < 4.78 is 17.3. The van der Waals surface area contributed by atoms with Crippen LogP contribution in [0.15, 0.2) is 24.3 Å². The highest BCUT2D eigenvalue weighted by molar-refractivity contribution is 5.70. The van der Waals surface area contributed by atoms with Crippen molar-refractivity contribution in [3.05, 3.63) is 24.3 Å². The quantitative estimate of drug-likeness (QED) is 0.0259. The van der Waals surface area contributed by atoms with Gasteiger partial charge < -0.3 is 28.6 Å². The largest absolute Gasteiger partial charge is 0.544 e. The van der Waals surface area contributed by atoms with Crippen molar-refractivity contribution >= 4 is 17.9 Å². The number of likely N-dealkylation sites (N-methyl/N-ethyl adjacent to an activating group) is 1. The Kier molecular flexibility index (Phi) is 46.6. The number of carbonyl (C=O) groups is 3. The normalized spacial score (nSPS) is 12.9. The van der Waals surface area contributed by atoms with E-state index in [1.54, 1.807) is 0 Å².